The molecule has 4 N–H and O–H groups in total. The first kappa shape index (κ1) is 12.8. The molecule has 19 heavy (non-hydrogen) atoms. The fraction of sp³-hybridized carbons (Fsp3) is 0.444. The Hall–Kier alpha value is -1.19. The number of aromatic hydroxyl groups is 1. The minimum absolute atomic E-state index is 0.219. The fourth-order valence-corrected chi connectivity index (χ4v) is 8.68. The number of fused-ring (bicyclic) bond motifs is 1. The second-order valence-corrected chi connectivity index (χ2v) is 10.4. The van der Waals surface area contributed by atoms with E-state index in [0.717, 1.165) is 0 Å². The number of aliphatic hydroxyl groups excluding tert-OH is 3. The first-order valence-corrected chi connectivity index (χ1v) is 10.1. The Kier molecular flexibility index (Phi) is 3.19. The number of hydrogen-bond donors (Lipinski definition) is 4. The van der Waals surface area contributed by atoms with Gasteiger partial charge in [0, 0.05) is 0 Å². The van der Waals surface area contributed by atoms with Gasteiger partial charge in [0.2, 0.25) is 0 Å². The number of aromatic nitrogens is 4. The van der Waals surface area contributed by atoms with E-state index in [1.54, 1.807) is 3.31 Å². The molecule has 3 atom stereocenters. The van der Waals surface area contributed by atoms with Crippen molar-refractivity contribution in [3.05, 3.63) is 12.7 Å². The van der Waals surface area contributed by atoms with Crippen LogP contribution in [0, 0.1) is 0 Å². The number of hydrogen-bond acceptors (Lipinski definition) is 8. The molecule has 9 nitrogen and oxygen atoms in total. The van der Waals surface area contributed by atoms with Crippen LogP contribution in [0.2, 0.25) is 0 Å². The van der Waals surface area contributed by atoms with E-state index in [1.165, 1.54) is 12.7 Å². The van der Waals surface area contributed by atoms with Crippen LogP contribution >= 0.6 is 0 Å². The Bertz CT molecular complexity index is 607. The zero-order valence-corrected chi connectivity index (χ0v) is 12.8. The molecule has 0 radical (unpaired) electrons. The SMILES string of the molecule is OC[C@H]1[O][Zn]([n]2cnc3c(O)ncnc32)[C@H](O)[C@@H]1O. The Labute approximate surface area is 112 Å². The van der Waals surface area contributed by atoms with E-state index in [-0.39, 0.29) is 18.0 Å². The predicted octanol–water partition coefficient (Wildman–Crippen LogP) is -2.10. The third-order valence-electron chi connectivity index (χ3n) is 3.42. The van der Waals surface area contributed by atoms with E-state index in [4.69, 9.17) is 8.67 Å². The second kappa shape index (κ2) is 4.73. The van der Waals surface area contributed by atoms with Gasteiger partial charge < -0.3 is 0 Å². The quantitative estimate of drug-likeness (QED) is 0.462. The molecule has 1 fully saturated rings. The van der Waals surface area contributed by atoms with Crippen molar-refractivity contribution in [1.29, 1.82) is 0 Å². The molecule has 1 aliphatic rings. The molecule has 10 heteroatoms. The van der Waals surface area contributed by atoms with Crippen LogP contribution in [-0.4, -0.2) is 62.2 Å². The predicted molar refractivity (Wildman–Crippen MR) is 56.4 cm³/mol. The van der Waals surface area contributed by atoms with Gasteiger partial charge in [0.15, 0.2) is 0 Å². The van der Waals surface area contributed by atoms with Crippen LogP contribution in [0.15, 0.2) is 12.7 Å². The molecule has 0 unspecified atom stereocenters. The minimum atomic E-state index is -3.27. The van der Waals surface area contributed by atoms with Crippen molar-refractivity contribution in [1.82, 2.24) is 18.3 Å². The Morgan fingerprint density at radius 1 is 1.32 bits per heavy atom. The number of rotatable bonds is 2. The summed E-state index contributed by atoms with van der Waals surface area (Å²) in [7, 11) is 0. The van der Waals surface area contributed by atoms with Gasteiger partial charge in [0.25, 0.3) is 0 Å². The monoisotopic (exact) mass is 319 g/mol. The van der Waals surface area contributed by atoms with Crippen molar-refractivity contribution in [2.24, 2.45) is 0 Å². The van der Waals surface area contributed by atoms with Crippen LogP contribution in [0.4, 0.5) is 0 Å². The molecule has 2 aromatic heterocycles. The molecule has 99 valence electrons. The summed E-state index contributed by atoms with van der Waals surface area (Å²) in [5.41, 5.74) is 0.578. The van der Waals surface area contributed by atoms with Gasteiger partial charge in [-0.1, -0.05) is 0 Å². The summed E-state index contributed by atoms with van der Waals surface area (Å²) in [6.07, 6.45) is 0.693. The van der Waals surface area contributed by atoms with E-state index in [0.29, 0.717) is 5.65 Å². The molecular formula is C9H11N4O5Zn. The van der Waals surface area contributed by atoms with Gasteiger partial charge in [-0.15, -0.1) is 0 Å². The molecule has 3 heterocycles. The summed E-state index contributed by atoms with van der Waals surface area (Å²) < 4.78 is 6.13. The summed E-state index contributed by atoms with van der Waals surface area (Å²) in [6, 6.07) is 0. The zero-order chi connectivity index (χ0) is 13.6. The van der Waals surface area contributed by atoms with Crippen molar-refractivity contribution in [2.45, 2.75) is 16.9 Å². The normalized spacial score (nSPS) is 27.3. The molecule has 0 aromatic carbocycles. The maximum absolute atomic E-state index is 10.0. The van der Waals surface area contributed by atoms with Gasteiger partial charge in [-0.3, -0.25) is 0 Å². The van der Waals surface area contributed by atoms with Crippen LogP contribution < -0.4 is 0 Å². The number of nitrogens with zero attached hydrogens (tertiary/aromatic N) is 4. The van der Waals surface area contributed by atoms with E-state index in [1.807, 2.05) is 0 Å². The molecule has 2 aromatic rings. The first-order valence-electron chi connectivity index (χ1n) is 5.81. The van der Waals surface area contributed by atoms with Crippen molar-refractivity contribution in [2.75, 3.05) is 6.61 Å². The average molecular weight is 321 g/mol. The summed E-state index contributed by atoms with van der Waals surface area (Å²) in [5, 5.41) is 38.4. The topological polar surface area (TPSA) is 134 Å². The molecule has 0 spiro atoms. The Morgan fingerprint density at radius 2 is 2.11 bits per heavy atom. The van der Waals surface area contributed by atoms with Gasteiger partial charge in [-0.05, 0) is 0 Å². The average Bonchev–Trinajstić information content (AvgIpc) is 2.94. The summed E-state index contributed by atoms with van der Waals surface area (Å²) in [4.78, 5) is 11.6. The van der Waals surface area contributed by atoms with Crippen molar-refractivity contribution in [3.8, 4) is 5.88 Å². The van der Waals surface area contributed by atoms with E-state index in [2.05, 4.69) is 15.0 Å². The third kappa shape index (κ3) is 1.92. The van der Waals surface area contributed by atoms with Gasteiger partial charge in [-0.2, -0.15) is 0 Å². The Balaban J connectivity index is 2.04. The summed E-state index contributed by atoms with van der Waals surface area (Å²) >= 11 is -3.27. The van der Waals surface area contributed by atoms with Gasteiger partial charge >= 0.3 is 112 Å². The molecule has 0 amide bonds. The standard InChI is InChI=1S/C5H3N4O.C4H8O4.Zn/c10-5-3-4(7-1-6-3)8-2-9-5;5-1-3(7)4(8)2-6;/h1-2H,(H-,6,7,8,9,10);1,3-7H,2H2;/q2*-1;+2/t;3-,4+;/m.0./s1. The molecule has 3 rings (SSSR count). The number of imidazole rings is 1. The van der Waals surface area contributed by atoms with Gasteiger partial charge in [0.1, 0.15) is 0 Å². The molecule has 1 aliphatic heterocycles. The molecular weight excluding hydrogens is 310 g/mol. The first-order chi connectivity index (χ1) is 9.13. The van der Waals surface area contributed by atoms with Crippen molar-refractivity contribution < 1.29 is 40.5 Å². The number of aliphatic hydroxyl groups is 3. The third-order valence-corrected chi connectivity index (χ3v) is 9.93. The molecule has 0 saturated carbocycles. The Morgan fingerprint density at radius 3 is 2.79 bits per heavy atom. The second-order valence-electron chi connectivity index (χ2n) is 4.51. The van der Waals surface area contributed by atoms with E-state index < -0.39 is 33.5 Å². The summed E-state index contributed by atoms with van der Waals surface area (Å²) in [5.74, 6) is -0.249. The molecule has 0 aliphatic carbocycles. The fourth-order valence-electron chi connectivity index (χ4n) is 2.41. The summed E-state index contributed by atoms with van der Waals surface area (Å²) in [6.45, 7) is -0.363. The van der Waals surface area contributed by atoms with Crippen molar-refractivity contribution in [3.63, 3.8) is 0 Å². The maximum atomic E-state index is 10.0. The van der Waals surface area contributed by atoms with Crippen LogP contribution in [0.25, 0.3) is 11.2 Å². The van der Waals surface area contributed by atoms with Crippen LogP contribution in [0.3, 0.4) is 0 Å². The van der Waals surface area contributed by atoms with Crippen LogP contribution in [0.5, 0.6) is 5.88 Å². The van der Waals surface area contributed by atoms with Crippen LogP contribution in [0.1, 0.15) is 0 Å². The zero-order valence-electron chi connectivity index (χ0n) is 9.79. The van der Waals surface area contributed by atoms with E-state index in [9.17, 15) is 15.3 Å². The van der Waals surface area contributed by atoms with Crippen molar-refractivity contribution >= 4 is 11.2 Å². The molecule has 1 saturated heterocycles. The molecule has 0 bridgehead atoms. The van der Waals surface area contributed by atoms with Gasteiger partial charge in [0.05, 0.1) is 0 Å². The van der Waals surface area contributed by atoms with E-state index >= 15 is 0 Å². The van der Waals surface area contributed by atoms with Crippen LogP contribution in [-0.2, 0) is 20.1 Å². The van der Waals surface area contributed by atoms with Gasteiger partial charge in [-0.25, -0.2) is 0 Å².